The Morgan fingerprint density at radius 3 is 2.33 bits per heavy atom. The summed E-state index contributed by atoms with van der Waals surface area (Å²) in [6, 6.07) is 15.7. The molecule has 0 saturated carbocycles. The molecule has 1 aliphatic heterocycles. The van der Waals surface area contributed by atoms with Gasteiger partial charge in [0.25, 0.3) is 0 Å². The zero-order chi connectivity index (χ0) is 16.9. The molecule has 0 aliphatic carbocycles. The van der Waals surface area contributed by atoms with E-state index in [1.807, 2.05) is 35.2 Å². The summed E-state index contributed by atoms with van der Waals surface area (Å²) in [5.41, 5.74) is 1.77. The third kappa shape index (κ3) is 4.01. The van der Waals surface area contributed by atoms with E-state index in [-0.39, 0.29) is 17.6 Å². The normalized spacial score (nSPS) is 16.8. The zero-order valence-electron chi connectivity index (χ0n) is 13.6. The van der Waals surface area contributed by atoms with Crippen LogP contribution in [0.5, 0.6) is 0 Å². The number of halogens is 1. The van der Waals surface area contributed by atoms with E-state index in [2.05, 4.69) is 0 Å². The molecule has 1 aliphatic rings. The third-order valence-electron chi connectivity index (χ3n) is 4.75. The number of amides is 1. The van der Waals surface area contributed by atoms with Gasteiger partial charge >= 0.3 is 0 Å². The predicted octanol–water partition coefficient (Wildman–Crippen LogP) is 3.34. The number of rotatable bonds is 4. The summed E-state index contributed by atoms with van der Waals surface area (Å²) in [6.07, 6.45) is 1.42. The van der Waals surface area contributed by atoms with Crippen molar-refractivity contribution in [3.8, 4) is 0 Å². The number of carbonyl (C=O) groups excluding carboxylic acids is 1. The zero-order valence-corrected chi connectivity index (χ0v) is 13.6. The van der Waals surface area contributed by atoms with Crippen molar-refractivity contribution in [3.05, 3.63) is 71.5 Å². The number of hydrogen-bond donors (Lipinski definition) is 1. The maximum absolute atomic E-state index is 12.9. The van der Waals surface area contributed by atoms with Crippen LogP contribution in [0.2, 0.25) is 0 Å². The summed E-state index contributed by atoms with van der Waals surface area (Å²) in [5, 5.41) is 10.5. The van der Waals surface area contributed by atoms with Crippen molar-refractivity contribution in [2.45, 2.75) is 25.4 Å². The Hall–Kier alpha value is -2.20. The first-order valence-corrected chi connectivity index (χ1v) is 8.39. The summed E-state index contributed by atoms with van der Waals surface area (Å²) >= 11 is 0. The second-order valence-electron chi connectivity index (χ2n) is 6.38. The average Bonchev–Trinajstić information content (AvgIpc) is 2.64. The van der Waals surface area contributed by atoms with Gasteiger partial charge in [0.05, 0.1) is 12.5 Å². The van der Waals surface area contributed by atoms with Gasteiger partial charge in [-0.05, 0) is 42.0 Å². The van der Waals surface area contributed by atoms with Crippen molar-refractivity contribution in [2.75, 3.05) is 13.1 Å². The lowest BCUT2D eigenvalue weighted by atomic mass is 9.87. The van der Waals surface area contributed by atoms with Crippen LogP contribution >= 0.6 is 0 Å². The fraction of sp³-hybridized carbons (Fsp3) is 0.350. The van der Waals surface area contributed by atoms with Gasteiger partial charge in [0.1, 0.15) is 5.82 Å². The second-order valence-corrected chi connectivity index (χ2v) is 6.38. The molecule has 24 heavy (non-hydrogen) atoms. The lowest BCUT2D eigenvalue weighted by molar-refractivity contribution is -0.132. The van der Waals surface area contributed by atoms with E-state index in [1.165, 1.54) is 12.1 Å². The maximum atomic E-state index is 12.9. The average molecular weight is 327 g/mol. The summed E-state index contributed by atoms with van der Waals surface area (Å²) in [6.45, 7) is 1.32. The molecule has 1 fully saturated rings. The molecule has 1 atom stereocenters. The van der Waals surface area contributed by atoms with Crippen LogP contribution in [0.15, 0.2) is 54.6 Å². The molecule has 4 heteroatoms. The van der Waals surface area contributed by atoms with Gasteiger partial charge < -0.3 is 10.0 Å². The second kappa shape index (κ2) is 7.58. The van der Waals surface area contributed by atoms with Gasteiger partial charge in [-0.1, -0.05) is 42.5 Å². The van der Waals surface area contributed by atoms with E-state index in [0.29, 0.717) is 19.5 Å². The van der Waals surface area contributed by atoms with Crippen molar-refractivity contribution in [3.63, 3.8) is 0 Å². The number of likely N-dealkylation sites (tertiary alicyclic amines) is 1. The van der Waals surface area contributed by atoms with Gasteiger partial charge in [0.15, 0.2) is 0 Å². The number of benzene rings is 2. The number of nitrogens with zero attached hydrogens (tertiary/aromatic N) is 1. The Morgan fingerprint density at radius 2 is 1.71 bits per heavy atom. The minimum absolute atomic E-state index is 0.0641. The highest BCUT2D eigenvalue weighted by Crippen LogP contribution is 2.30. The first kappa shape index (κ1) is 16.7. The summed E-state index contributed by atoms with van der Waals surface area (Å²) < 4.78 is 12.9. The lowest BCUT2D eigenvalue weighted by Crippen LogP contribution is -2.40. The monoisotopic (exact) mass is 327 g/mol. The van der Waals surface area contributed by atoms with Gasteiger partial charge in [-0.2, -0.15) is 0 Å². The molecular formula is C20H22FNO2. The van der Waals surface area contributed by atoms with Crippen LogP contribution < -0.4 is 0 Å². The number of piperidine rings is 1. The van der Waals surface area contributed by atoms with Crippen LogP contribution in [0, 0.1) is 11.7 Å². The van der Waals surface area contributed by atoms with Gasteiger partial charge in [-0.25, -0.2) is 4.39 Å². The van der Waals surface area contributed by atoms with Crippen LogP contribution in [0.25, 0.3) is 0 Å². The fourth-order valence-electron chi connectivity index (χ4n) is 3.28. The number of aliphatic hydroxyl groups is 1. The highest BCUT2D eigenvalue weighted by Gasteiger charge is 2.28. The molecule has 1 heterocycles. The van der Waals surface area contributed by atoms with E-state index in [4.69, 9.17) is 0 Å². The Balaban J connectivity index is 1.53. The lowest BCUT2D eigenvalue weighted by Gasteiger charge is -2.34. The first-order valence-electron chi connectivity index (χ1n) is 8.39. The van der Waals surface area contributed by atoms with Crippen LogP contribution in [-0.4, -0.2) is 29.0 Å². The van der Waals surface area contributed by atoms with Gasteiger partial charge in [0, 0.05) is 13.1 Å². The molecule has 126 valence electrons. The molecule has 1 saturated heterocycles. The molecule has 3 rings (SSSR count). The third-order valence-corrected chi connectivity index (χ3v) is 4.75. The summed E-state index contributed by atoms with van der Waals surface area (Å²) in [5.74, 6) is -0.0431. The van der Waals surface area contributed by atoms with Crippen molar-refractivity contribution < 1.29 is 14.3 Å². The maximum Gasteiger partial charge on any atom is 0.226 e. The van der Waals surface area contributed by atoms with E-state index in [0.717, 1.165) is 24.0 Å². The van der Waals surface area contributed by atoms with Crippen LogP contribution in [0.4, 0.5) is 4.39 Å². The standard InChI is InChI=1S/C20H22FNO2/c21-18-8-6-15(7-9-18)14-19(23)22-12-10-17(11-13-22)20(24)16-4-2-1-3-5-16/h1-9,17,20,24H,10-14H2. The molecule has 3 nitrogen and oxygen atoms in total. The Bertz CT molecular complexity index is 664. The highest BCUT2D eigenvalue weighted by molar-refractivity contribution is 5.78. The van der Waals surface area contributed by atoms with Gasteiger partial charge in [-0.15, -0.1) is 0 Å². The van der Waals surface area contributed by atoms with Crippen LogP contribution in [-0.2, 0) is 11.2 Å². The Kier molecular flexibility index (Phi) is 5.26. The molecule has 1 unspecified atom stereocenters. The molecule has 0 spiro atoms. The minimum Gasteiger partial charge on any atom is -0.388 e. The number of carbonyl (C=O) groups is 1. The molecule has 0 bridgehead atoms. The molecule has 0 aromatic heterocycles. The molecule has 1 amide bonds. The van der Waals surface area contributed by atoms with Crippen molar-refractivity contribution >= 4 is 5.91 Å². The molecule has 1 N–H and O–H groups in total. The summed E-state index contributed by atoms with van der Waals surface area (Å²) in [7, 11) is 0. The Morgan fingerprint density at radius 1 is 1.08 bits per heavy atom. The van der Waals surface area contributed by atoms with E-state index in [1.54, 1.807) is 12.1 Å². The fourth-order valence-corrected chi connectivity index (χ4v) is 3.28. The first-order chi connectivity index (χ1) is 11.6. The minimum atomic E-state index is -0.472. The Labute approximate surface area is 141 Å². The van der Waals surface area contributed by atoms with E-state index in [9.17, 15) is 14.3 Å². The number of aliphatic hydroxyl groups excluding tert-OH is 1. The van der Waals surface area contributed by atoms with Crippen molar-refractivity contribution in [1.82, 2.24) is 4.90 Å². The molecule has 2 aromatic rings. The van der Waals surface area contributed by atoms with Gasteiger partial charge in [0.2, 0.25) is 5.91 Å². The molecule has 2 aromatic carbocycles. The number of hydrogen-bond acceptors (Lipinski definition) is 2. The van der Waals surface area contributed by atoms with Crippen LogP contribution in [0.3, 0.4) is 0 Å². The SMILES string of the molecule is O=C(Cc1ccc(F)cc1)N1CCC(C(O)c2ccccc2)CC1. The van der Waals surface area contributed by atoms with Crippen molar-refractivity contribution in [2.24, 2.45) is 5.92 Å². The van der Waals surface area contributed by atoms with E-state index >= 15 is 0 Å². The van der Waals surface area contributed by atoms with Crippen molar-refractivity contribution in [1.29, 1.82) is 0 Å². The largest absolute Gasteiger partial charge is 0.388 e. The predicted molar refractivity (Wildman–Crippen MR) is 90.8 cm³/mol. The molecule has 0 radical (unpaired) electrons. The smallest absolute Gasteiger partial charge is 0.226 e. The topological polar surface area (TPSA) is 40.5 Å². The quantitative estimate of drug-likeness (QED) is 0.936. The summed E-state index contributed by atoms with van der Waals surface area (Å²) in [4.78, 5) is 14.2. The highest BCUT2D eigenvalue weighted by atomic mass is 19.1. The van der Waals surface area contributed by atoms with E-state index < -0.39 is 6.10 Å². The molecular weight excluding hydrogens is 305 g/mol. The van der Waals surface area contributed by atoms with Crippen LogP contribution in [0.1, 0.15) is 30.1 Å². The van der Waals surface area contributed by atoms with Gasteiger partial charge in [-0.3, -0.25) is 4.79 Å².